The number of aryl methyl sites for hydroxylation is 1. The molecule has 2 heterocycles. The van der Waals surface area contributed by atoms with Crippen LogP contribution >= 0.6 is 0 Å². The Morgan fingerprint density at radius 3 is 2.79 bits per heavy atom. The van der Waals surface area contributed by atoms with E-state index in [-0.39, 0.29) is 5.91 Å². The van der Waals surface area contributed by atoms with E-state index < -0.39 is 0 Å². The predicted octanol–water partition coefficient (Wildman–Crippen LogP) is 2.22. The molecule has 3 rings (SSSR count). The van der Waals surface area contributed by atoms with E-state index in [0.717, 1.165) is 10.9 Å². The Kier molecular flexibility index (Phi) is 2.72. The number of aromatic nitrogens is 3. The first-order valence-corrected chi connectivity index (χ1v) is 5.86. The highest BCUT2D eigenvalue weighted by molar-refractivity contribution is 6.12. The van der Waals surface area contributed by atoms with E-state index in [2.05, 4.69) is 15.3 Å². The molecule has 5 heteroatoms. The minimum Gasteiger partial charge on any atom is -0.351 e. The first-order valence-electron chi connectivity index (χ1n) is 5.86. The number of hydrogen-bond acceptors (Lipinski definition) is 3. The van der Waals surface area contributed by atoms with Crippen LogP contribution in [0.15, 0.2) is 49.2 Å². The van der Waals surface area contributed by atoms with Gasteiger partial charge in [-0.15, -0.1) is 0 Å². The predicted molar refractivity (Wildman–Crippen MR) is 72.9 cm³/mol. The summed E-state index contributed by atoms with van der Waals surface area (Å²) in [5.41, 5.74) is 2.25. The van der Waals surface area contributed by atoms with Gasteiger partial charge in [-0.2, -0.15) is 0 Å². The second-order valence-electron chi connectivity index (χ2n) is 4.25. The maximum Gasteiger partial charge on any atom is 0.256 e. The van der Waals surface area contributed by atoms with E-state index in [1.54, 1.807) is 12.4 Å². The molecule has 0 fully saturated rings. The molecule has 1 N–H and O–H groups in total. The van der Waals surface area contributed by atoms with Crippen LogP contribution < -0.4 is 5.32 Å². The third kappa shape index (κ3) is 2.06. The van der Waals surface area contributed by atoms with Crippen molar-refractivity contribution in [2.24, 2.45) is 7.05 Å². The van der Waals surface area contributed by atoms with Gasteiger partial charge in [-0.1, -0.05) is 6.07 Å². The Morgan fingerprint density at radius 2 is 2.00 bits per heavy atom. The minimum atomic E-state index is -0.161. The Hall–Kier alpha value is -2.69. The molecule has 0 atom stereocenters. The lowest BCUT2D eigenvalue weighted by Gasteiger charge is -2.06. The van der Waals surface area contributed by atoms with Crippen molar-refractivity contribution >= 4 is 22.5 Å². The molecule has 0 aliphatic heterocycles. The highest BCUT2D eigenvalue weighted by atomic mass is 16.1. The number of fused-ring (bicyclic) bond motifs is 1. The average molecular weight is 252 g/mol. The molecule has 2 aromatic heterocycles. The average Bonchev–Trinajstić information content (AvgIpc) is 2.82. The summed E-state index contributed by atoms with van der Waals surface area (Å²) in [6, 6.07) is 7.60. The van der Waals surface area contributed by atoms with Crippen LogP contribution in [0.5, 0.6) is 0 Å². The van der Waals surface area contributed by atoms with E-state index in [1.807, 2.05) is 42.1 Å². The second-order valence-corrected chi connectivity index (χ2v) is 4.25. The Balaban J connectivity index is 1.98. The first kappa shape index (κ1) is 11.4. The normalized spacial score (nSPS) is 10.6. The molecule has 94 valence electrons. The lowest BCUT2D eigenvalue weighted by molar-refractivity contribution is 0.102. The molecule has 19 heavy (non-hydrogen) atoms. The molecule has 3 aromatic rings. The summed E-state index contributed by atoms with van der Waals surface area (Å²) in [7, 11) is 1.95. The van der Waals surface area contributed by atoms with Crippen molar-refractivity contribution in [1.82, 2.24) is 14.5 Å². The summed E-state index contributed by atoms with van der Waals surface area (Å²) in [5, 5.41) is 3.72. The number of carbonyl (C=O) groups is 1. The number of benzene rings is 1. The van der Waals surface area contributed by atoms with Gasteiger partial charge in [0.15, 0.2) is 0 Å². The number of amides is 1. The summed E-state index contributed by atoms with van der Waals surface area (Å²) in [5.74, 6) is -0.161. The smallest absolute Gasteiger partial charge is 0.256 e. The summed E-state index contributed by atoms with van der Waals surface area (Å²) < 4.78 is 1.98. The van der Waals surface area contributed by atoms with Crippen molar-refractivity contribution in [3.8, 4) is 0 Å². The van der Waals surface area contributed by atoms with Crippen molar-refractivity contribution in [2.45, 2.75) is 0 Å². The number of nitrogens with zero attached hydrogens (tertiary/aromatic N) is 3. The SMILES string of the molecule is Cn1ccc2c(C(=O)Nc3cncnc3)cccc21. The number of hydrogen-bond donors (Lipinski definition) is 1. The lowest BCUT2D eigenvalue weighted by Crippen LogP contribution is -2.12. The van der Waals surface area contributed by atoms with Gasteiger partial charge in [-0.05, 0) is 18.2 Å². The number of rotatable bonds is 2. The largest absolute Gasteiger partial charge is 0.351 e. The van der Waals surface area contributed by atoms with Gasteiger partial charge >= 0.3 is 0 Å². The molecule has 0 saturated carbocycles. The molecule has 0 spiro atoms. The lowest BCUT2D eigenvalue weighted by atomic mass is 10.1. The zero-order chi connectivity index (χ0) is 13.2. The maximum absolute atomic E-state index is 12.3. The molecule has 0 bridgehead atoms. The van der Waals surface area contributed by atoms with Crippen LogP contribution in [0.4, 0.5) is 5.69 Å². The summed E-state index contributed by atoms with van der Waals surface area (Å²) >= 11 is 0. The monoisotopic (exact) mass is 252 g/mol. The Morgan fingerprint density at radius 1 is 1.21 bits per heavy atom. The van der Waals surface area contributed by atoms with Gasteiger partial charge < -0.3 is 9.88 Å². The van der Waals surface area contributed by atoms with E-state index in [1.165, 1.54) is 6.33 Å². The van der Waals surface area contributed by atoms with Crippen LogP contribution in [-0.2, 0) is 7.05 Å². The molecular weight excluding hydrogens is 240 g/mol. The van der Waals surface area contributed by atoms with Crippen molar-refractivity contribution < 1.29 is 4.79 Å². The highest BCUT2D eigenvalue weighted by Crippen LogP contribution is 2.20. The number of nitrogens with one attached hydrogen (secondary N) is 1. The molecular formula is C14H12N4O. The maximum atomic E-state index is 12.3. The topological polar surface area (TPSA) is 59.8 Å². The summed E-state index contributed by atoms with van der Waals surface area (Å²) in [6.07, 6.45) is 6.49. The third-order valence-corrected chi connectivity index (χ3v) is 2.99. The molecule has 0 aliphatic carbocycles. The van der Waals surface area contributed by atoms with Crippen molar-refractivity contribution in [3.63, 3.8) is 0 Å². The second kappa shape index (κ2) is 4.53. The van der Waals surface area contributed by atoms with Crippen molar-refractivity contribution in [3.05, 3.63) is 54.7 Å². The Bertz CT molecular complexity index is 734. The van der Waals surface area contributed by atoms with Crippen LogP contribution in [0.2, 0.25) is 0 Å². The molecule has 0 radical (unpaired) electrons. The van der Waals surface area contributed by atoms with Gasteiger partial charge in [0.2, 0.25) is 0 Å². The van der Waals surface area contributed by atoms with E-state index in [0.29, 0.717) is 11.3 Å². The Labute approximate surface area is 109 Å². The van der Waals surface area contributed by atoms with Crippen LogP contribution in [0.25, 0.3) is 10.9 Å². The van der Waals surface area contributed by atoms with Crippen molar-refractivity contribution in [1.29, 1.82) is 0 Å². The van der Waals surface area contributed by atoms with Gasteiger partial charge in [0.25, 0.3) is 5.91 Å². The van der Waals surface area contributed by atoms with Crippen LogP contribution in [0.3, 0.4) is 0 Å². The van der Waals surface area contributed by atoms with E-state index in [4.69, 9.17) is 0 Å². The summed E-state index contributed by atoms with van der Waals surface area (Å²) in [4.78, 5) is 20.0. The zero-order valence-corrected chi connectivity index (χ0v) is 10.4. The minimum absolute atomic E-state index is 0.161. The molecule has 0 aliphatic rings. The zero-order valence-electron chi connectivity index (χ0n) is 10.4. The quantitative estimate of drug-likeness (QED) is 0.760. The van der Waals surface area contributed by atoms with Gasteiger partial charge in [-0.3, -0.25) is 4.79 Å². The van der Waals surface area contributed by atoms with Gasteiger partial charge in [0.1, 0.15) is 6.33 Å². The highest BCUT2D eigenvalue weighted by Gasteiger charge is 2.11. The van der Waals surface area contributed by atoms with Crippen LogP contribution in [0.1, 0.15) is 10.4 Å². The van der Waals surface area contributed by atoms with Gasteiger partial charge in [-0.25, -0.2) is 9.97 Å². The van der Waals surface area contributed by atoms with Crippen LogP contribution in [0, 0.1) is 0 Å². The molecule has 5 nitrogen and oxygen atoms in total. The number of anilines is 1. The van der Waals surface area contributed by atoms with Crippen molar-refractivity contribution in [2.75, 3.05) is 5.32 Å². The van der Waals surface area contributed by atoms with Gasteiger partial charge in [0, 0.05) is 29.7 Å². The fourth-order valence-corrected chi connectivity index (χ4v) is 2.06. The molecule has 0 saturated heterocycles. The molecule has 1 amide bonds. The molecule has 0 unspecified atom stereocenters. The fraction of sp³-hybridized carbons (Fsp3) is 0.0714. The summed E-state index contributed by atoms with van der Waals surface area (Å²) in [6.45, 7) is 0. The van der Waals surface area contributed by atoms with E-state index in [9.17, 15) is 4.79 Å². The molecule has 1 aromatic carbocycles. The standard InChI is InChI=1S/C14H12N4O/c1-18-6-5-11-12(3-2-4-13(11)18)14(19)17-10-7-15-9-16-8-10/h2-9H,1H3,(H,17,19). The van der Waals surface area contributed by atoms with Crippen LogP contribution in [-0.4, -0.2) is 20.4 Å². The number of carbonyl (C=O) groups excluding carboxylic acids is 1. The first-order chi connectivity index (χ1) is 9.25. The van der Waals surface area contributed by atoms with E-state index >= 15 is 0 Å². The fourth-order valence-electron chi connectivity index (χ4n) is 2.06. The van der Waals surface area contributed by atoms with Gasteiger partial charge in [0.05, 0.1) is 18.1 Å². The third-order valence-electron chi connectivity index (χ3n) is 2.99.